The fourth-order valence-corrected chi connectivity index (χ4v) is 1.48. The number of hydrogen-bond donors (Lipinski definition) is 0. The summed E-state index contributed by atoms with van der Waals surface area (Å²) in [5, 5.41) is 0. The van der Waals surface area contributed by atoms with Crippen molar-refractivity contribution in [3.8, 4) is 5.75 Å². The zero-order chi connectivity index (χ0) is 10.6. The number of aldehydes is 1. The molecule has 0 radical (unpaired) electrons. The van der Waals surface area contributed by atoms with Gasteiger partial charge in [-0.3, -0.25) is 4.79 Å². The van der Waals surface area contributed by atoms with Crippen LogP contribution >= 0.6 is 15.9 Å². The van der Waals surface area contributed by atoms with Crippen LogP contribution in [0, 0.1) is 0 Å². The van der Waals surface area contributed by atoms with E-state index >= 15 is 0 Å². The van der Waals surface area contributed by atoms with E-state index in [2.05, 4.69) is 22.9 Å². The van der Waals surface area contributed by atoms with Gasteiger partial charge in [-0.15, -0.1) is 0 Å². The SMILES string of the molecule is CC[C@H](C)Oc1ccc(C=O)cc1Br. The first-order valence-corrected chi connectivity index (χ1v) is 5.38. The number of carbonyl (C=O) groups is 1. The molecular weight excluding hydrogens is 244 g/mol. The van der Waals surface area contributed by atoms with Crippen LogP contribution in [0.4, 0.5) is 0 Å². The van der Waals surface area contributed by atoms with Crippen molar-refractivity contribution in [2.24, 2.45) is 0 Å². The lowest BCUT2D eigenvalue weighted by Crippen LogP contribution is -2.10. The van der Waals surface area contributed by atoms with Gasteiger partial charge in [-0.25, -0.2) is 0 Å². The van der Waals surface area contributed by atoms with Gasteiger partial charge in [0.2, 0.25) is 0 Å². The highest BCUT2D eigenvalue weighted by atomic mass is 79.9. The molecule has 14 heavy (non-hydrogen) atoms. The van der Waals surface area contributed by atoms with Gasteiger partial charge >= 0.3 is 0 Å². The Balaban J connectivity index is 2.83. The van der Waals surface area contributed by atoms with Gasteiger partial charge in [0.1, 0.15) is 12.0 Å². The maximum absolute atomic E-state index is 10.5. The molecule has 0 saturated heterocycles. The third kappa shape index (κ3) is 2.84. The topological polar surface area (TPSA) is 26.3 Å². The molecule has 2 nitrogen and oxygen atoms in total. The van der Waals surface area contributed by atoms with E-state index in [1.165, 1.54) is 0 Å². The number of benzene rings is 1. The minimum atomic E-state index is 0.188. The highest BCUT2D eigenvalue weighted by molar-refractivity contribution is 9.10. The molecule has 0 aliphatic rings. The van der Waals surface area contributed by atoms with Gasteiger partial charge in [-0.2, -0.15) is 0 Å². The molecule has 0 unspecified atom stereocenters. The molecule has 0 spiro atoms. The highest BCUT2D eigenvalue weighted by Gasteiger charge is 2.05. The summed E-state index contributed by atoms with van der Waals surface area (Å²) >= 11 is 3.36. The van der Waals surface area contributed by atoms with Crippen LogP contribution in [0.3, 0.4) is 0 Å². The zero-order valence-corrected chi connectivity index (χ0v) is 9.87. The second kappa shape index (κ2) is 5.15. The molecule has 0 saturated carbocycles. The van der Waals surface area contributed by atoms with E-state index in [9.17, 15) is 4.79 Å². The third-order valence-corrected chi connectivity index (χ3v) is 2.61. The first-order chi connectivity index (χ1) is 6.67. The number of rotatable bonds is 4. The molecule has 0 aliphatic carbocycles. The molecule has 1 aromatic carbocycles. The van der Waals surface area contributed by atoms with Crippen molar-refractivity contribution in [3.63, 3.8) is 0 Å². The van der Waals surface area contributed by atoms with Gasteiger partial charge in [0, 0.05) is 5.56 Å². The summed E-state index contributed by atoms with van der Waals surface area (Å²) < 4.78 is 6.45. The van der Waals surface area contributed by atoms with Gasteiger partial charge in [0.05, 0.1) is 10.6 Å². The normalized spacial score (nSPS) is 12.2. The fourth-order valence-electron chi connectivity index (χ4n) is 0.986. The Morgan fingerprint density at radius 2 is 2.29 bits per heavy atom. The van der Waals surface area contributed by atoms with Gasteiger partial charge in [-0.1, -0.05) is 6.92 Å². The standard InChI is InChI=1S/C11H13BrO2/c1-3-8(2)14-11-5-4-9(7-13)6-10(11)12/h4-8H,3H2,1-2H3/t8-/m0/s1. The summed E-state index contributed by atoms with van der Waals surface area (Å²) in [6, 6.07) is 5.31. The van der Waals surface area contributed by atoms with E-state index in [1.54, 1.807) is 18.2 Å². The van der Waals surface area contributed by atoms with E-state index in [1.807, 2.05) is 6.92 Å². The molecule has 1 atom stereocenters. The van der Waals surface area contributed by atoms with Crippen molar-refractivity contribution >= 4 is 22.2 Å². The molecule has 0 heterocycles. The number of hydrogen-bond acceptors (Lipinski definition) is 2. The van der Waals surface area contributed by atoms with Crippen LogP contribution < -0.4 is 4.74 Å². The van der Waals surface area contributed by atoms with Crippen LogP contribution in [0.25, 0.3) is 0 Å². The van der Waals surface area contributed by atoms with Crippen molar-refractivity contribution in [2.75, 3.05) is 0 Å². The van der Waals surface area contributed by atoms with Gasteiger partial charge < -0.3 is 4.74 Å². The molecule has 0 aliphatic heterocycles. The quantitative estimate of drug-likeness (QED) is 0.772. The van der Waals surface area contributed by atoms with Crippen LogP contribution in [0.5, 0.6) is 5.75 Å². The lowest BCUT2D eigenvalue weighted by molar-refractivity contribution is 0.112. The zero-order valence-electron chi connectivity index (χ0n) is 8.29. The van der Waals surface area contributed by atoms with Crippen molar-refractivity contribution < 1.29 is 9.53 Å². The monoisotopic (exact) mass is 256 g/mol. The smallest absolute Gasteiger partial charge is 0.150 e. The van der Waals surface area contributed by atoms with E-state index < -0.39 is 0 Å². The molecule has 1 rings (SSSR count). The Morgan fingerprint density at radius 1 is 1.57 bits per heavy atom. The molecule has 0 bridgehead atoms. The maximum Gasteiger partial charge on any atom is 0.150 e. The summed E-state index contributed by atoms with van der Waals surface area (Å²) in [7, 11) is 0. The predicted molar refractivity (Wildman–Crippen MR) is 59.9 cm³/mol. The minimum absolute atomic E-state index is 0.188. The average molecular weight is 257 g/mol. The first kappa shape index (κ1) is 11.2. The minimum Gasteiger partial charge on any atom is -0.490 e. The number of halogens is 1. The second-order valence-corrected chi connectivity index (χ2v) is 4.00. The summed E-state index contributed by atoms with van der Waals surface area (Å²) in [6.07, 6.45) is 1.97. The van der Waals surface area contributed by atoms with Crippen molar-refractivity contribution in [1.82, 2.24) is 0 Å². The highest BCUT2D eigenvalue weighted by Crippen LogP contribution is 2.26. The lowest BCUT2D eigenvalue weighted by Gasteiger charge is -2.13. The van der Waals surface area contributed by atoms with Crippen molar-refractivity contribution in [2.45, 2.75) is 26.4 Å². The largest absolute Gasteiger partial charge is 0.490 e. The van der Waals surface area contributed by atoms with E-state index in [4.69, 9.17) is 4.74 Å². The van der Waals surface area contributed by atoms with Crippen LogP contribution in [-0.2, 0) is 0 Å². The summed E-state index contributed by atoms with van der Waals surface area (Å²) in [5.41, 5.74) is 0.647. The van der Waals surface area contributed by atoms with E-state index in [-0.39, 0.29) is 6.10 Å². The summed E-state index contributed by atoms with van der Waals surface area (Å²) in [4.78, 5) is 10.5. The Bertz CT molecular complexity index is 323. The van der Waals surface area contributed by atoms with E-state index in [0.29, 0.717) is 5.56 Å². The molecule has 1 aromatic rings. The van der Waals surface area contributed by atoms with Crippen molar-refractivity contribution in [3.05, 3.63) is 28.2 Å². The summed E-state index contributed by atoms with van der Waals surface area (Å²) in [5.74, 6) is 0.782. The Morgan fingerprint density at radius 3 is 2.79 bits per heavy atom. The molecule has 0 amide bonds. The van der Waals surface area contributed by atoms with Crippen LogP contribution in [0.2, 0.25) is 0 Å². The number of ether oxygens (including phenoxy) is 1. The summed E-state index contributed by atoms with van der Waals surface area (Å²) in [6.45, 7) is 4.08. The van der Waals surface area contributed by atoms with Crippen LogP contribution in [-0.4, -0.2) is 12.4 Å². The van der Waals surface area contributed by atoms with Crippen molar-refractivity contribution in [1.29, 1.82) is 0 Å². The van der Waals surface area contributed by atoms with E-state index in [0.717, 1.165) is 22.9 Å². The maximum atomic E-state index is 10.5. The van der Waals surface area contributed by atoms with Gasteiger partial charge in [0.15, 0.2) is 0 Å². The molecule has 0 fully saturated rings. The predicted octanol–water partition coefficient (Wildman–Crippen LogP) is 3.44. The molecule has 76 valence electrons. The molecule has 0 N–H and O–H groups in total. The average Bonchev–Trinajstić information content (AvgIpc) is 2.20. The Labute approximate surface area is 92.4 Å². The van der Waals surface area contributed by atoms with Crippen LogP contribution in [0.1, 0.15) is 30.6 Å². The molecule has 0 aromatic heterocycles. The first-order valence-electron chi connectivity index (χ1n) is 4.58. The molecule has 3 heteroatoms. The second-order valence-electron chi connectivity index (χ2n) is 3.14. The van der Waals surface area contributed by atoms with Gasteiger partial charge in [0.25, 0.3) is 0 Å². The lowest BCUT2D eigenvalue weighted by atomic mass is 10.2. The Hall–Kier alpha value is -0.830. The Kier molecular flexibility index (Phi) is 4.14. The number of carbonyl (C=O) groups excluding carboxylic acids is 1. The third-order valence-electron chi connectivity index (χ3n) is 2.00. The fraction of sp³-hybridized carbons (Fsp3) is 0.364. The van der Waals surface area contributed by atoms with Gasteiger partial charge in [-0.05, 0) is 47.5 Å². The molecular formula is C11H13BrO2. The van der Waals surface area contributed by atoms with Crippen LogP contribution in [0.15, 0.2) is 22.7 Å².